The highest BCUT2D eigenvalue weighted by Crippen LogP contribution is 2.47. The SMILES string of the molecule is CCN1c2ccccc2Sc2ccc(C(N)=S)cc21. The zero-order valence-electron chi connectivity index (χ0n) is 10.6. The van der Waals surface area contributed by atoms with Gasteiger partial charge in [-0.05, 0) is 31.2 Å². The molecule has 0 atom stereocenters. The molecule has 0 bridgehead atoms. The Morgan fingerprint density at radius 3 is 2.63 bits per heavy atom. The summed E-state index contributed by atoms with van der Waals surface area (Å²) in [5.74, 6) is 0. The molecule has 96 valence electrons. The van der Waals surface area contributed by atoms with Gasteiger partial charge in [-0.1, -0.05) is 42.2 Å². The predicted octanol–water partition coefficient (Wildman–Crippen LogP) is 3.94. The van der Waals surface area contributed by atoms with Gasteiger partial charge in [-0.15, -0.1) is 0 Å². The van der Waals surface area contributed by atoms with Crippen molar-refractivity contribution in [3.63, 3.8) is 0 Å². The Morgan fingerprint density at radius 2 is 1.89 bits per heavy atom. The summed E-state index contributed by atoms with van der Waals surface area (Å²) in [4.78, 5) is 5.30. The predicted molar refractivity (Wildman–Crippen MR) is 85.6 cm³/mol. The lowest BCUT2D eigenvalue weighted by Crippen LogP contribution is -2.21. The van der Waals surface area contributed by atoms with Crippen molar-refractivity contribution in [2.45, 2.75) is 16.7 Å². The second-order valence-electron chi connectivity index (χ2n) is 4.36. The summed E-state index contributed by atoms with van der Waals surface area (Å²) in [6, 6.07) is 14.7. The van der Waals surface area contributed by atoms with Gasteiger partial charge in [0.15, 0.2) is 0 Å². The quantitative estimate of drug-likeness (QED) is 0.847. The number of hydrogen-bond acceptors (Lipinski definition) is 3. The highest BCUT2D eigenvalue weighted by atomic mass is 32.2. The molecule has 19 heavy (non-hydrogen) atoms. The van der Waals surface area contributed by atoms with Gasteiger partial charge in [0, 0.05) is 21.9 Å². The minimum Gasteiger partial charge on any atom is -0.389 e. The van der Waals surface area contributed by atoms with Gasteiger partial charge in [-0.2, -0.15) is 0 Å². The number of nitrogens with two attached hydrogens (primary N) is 1. The molecule has 0 radical (unpaired) electrons. The van der Waals surface area contributed by atoms with Crippen LogP contribution in [0.1, 0.15) is 12.5 Å². The summed E-state index contributed by atoms with van der Waals surface area (Å²) in [5.41, 5.74) is 9.10. The Kier molecular flexibility index (Phi) is 3.21. The van der Waals surface area contributed by atoms with Crippen LogP contribution in [0.5, 0.6) is 0 Å². The fourth-order valence-electron chi connectivity index (χ4n) is 2.32. The molecule has 1 heterocycles. The first-order chi connectivity index (χ1) is 9.20. The molecule has 1 aliphatic heterocycles. The molecule has 2 N–H and O–H groups in total. The van der Waals surface area contributed by atoms with E-state index < -0.39 is 0 Å². The van der Waals surface area contributed by atoms with Gasteiger partial charge in [0.2, 0.25) is 0 Å². The molecule has 2 aromatic rings. The van der Waals surface area contributed by atoms with Crippen LogP contribution in [0.25, 0.3) is 0 Å². The maximum atomic E-state index is 5.73. The van der Waals surface area contributed by atoms with Gasteiger partial charge >= 0.3 is 0 Å². The molecule has 0 aromatic heterocycles. The van der Waals surface area contributed by atoms with Crippen molar-refractivity contribution in [2.24, 2.45) is 5.73 Å². The van der Waals surface area contributed by atoms with Crippen molar-refractivity contribution < 1.29 is 0 Å². The third-order valence-corrected chi connectivity index (χ3v) is 4.59. The summed E-state index contributed by atoms with van der Waals surface area (Å²) in [5, 5.41) is 0. The van der Waals surface area contributed by atoms with E-state index in [0.717, 1.165) is 12.1 Å². The fourth-order valence-corrected chi connectivity index (χ4v) is 3.53. The average molecular weight is 286 g/mol. The maximum absolute atomic E-state index is 5.73. The molecule has 1 aliphatic rings. The second-order valence-corrected chi connectivity index (χ2v) is 5.88. The van der Waals surface area contributed by atoms with Crippen molar-refractivity contribution in [2.75, 3.05) is 11.4 Å². The molecular formula is C15H14N2S2. The summed E-state index contributed by atoms with van der Waals surface area (Å²) >= 11 is 6.87. The van der Waals surface area contributed by atoms with E-state index in [1.54, 1.807) is 11.8 Å². The highest BCUT2D eigenvalue weighted by Gasteiger charge is 2.22. The Bertz CT molecular complexity index is 652. The Hall–Kier alpha value is -1.52. The van der Waals surface area contributed by atoms with E-state index in [2.05, 4.69) is 48.2 Å². The highest BCUT2D eigenvalue weighted by molar-refractivity contribution is 7.99. The number of rotatable bonds is 2. The number of anilines is 2. The van der Waals surface area contributed by atoms with Crippen LogP contribution in [0.4, 0.5) is 11.4 Å². The molecule has 0 amide bonds. The summed E-state index contributed by atoms with van der Waals surface area (Å²) in [7, 11) is 0. The van der Waals surface area contributed by atoms with Gasteiger partial charge in [-0.25, -0.2) is 0 Å². The van der Waals surface area contributed by atoms with Crippen LogP contribution in [0.3, 0.4) is 0 Å². The topological polar surface area (TPSA) is 29.3 Å². The van der Waals surface area contributed by atoms with Gasteiger partial charge in [0.25, 0.3) is 0 Å². The maximum Gasteiger partial charge on any atom is 0.104 e. The smallest absolute Gasteiger partial charge is 0.104 e. The van der Waals surface area contributed by atoms with E-state index in [0.29, 0.717) is 4.99 Å². The number of para-hydroxylation sites is 1. The molecule has 0 unspecified atom stereocenters. The molecule has 0 spiro atoms. The molecule has 3 rings (SSSR count). The van der Waals surface area contributed by atoms with E-state index in [1.165, 1.54) is 21.2 Å². The Labute approximate surface area is 122 Å². The van der Waals surface area contributed by atoms with Crippen LogP contribution in [0.15, 0.2) is 52.3 Å². The fraction of sp³-hybridized carbons (Fsp3) is 0.133. The minimum absolute atomic E-state index is 0.447. The Morgan fingerprint density at radius 1 is 1.16 bits per heavy atom. The largest absolute Gasteiger partial charge is 0.389 e. The van der Waals surface area contributed by atoms with Gasteiger partial charge in [0.1, 0.15) is 4.99 Å². The molecule has 2 nitrogen and oxygen atoms in total. The molecule has 0 aliphatic carbocycles. The van der Waals surface area contributed by atoms with Crippen LogP contribution < -0.4 is 10.6 Å². The molecule has 2 aromatic carbocycles. The van der Waals surface area contributed by atoms with E-state index in [1.807, 2.05) is 6.07 Å². The lowest BCUT2D eigenvalue weighted by atomic mass is 10.1. The first-order valence-corrected chi connectivity index (χ1v) is 7.41. The molecular weight excluding hydrogens is 272 g/mol. The molecule has 0 saturated heterocycles. The van der Waals surface area contributed by atoms with Crippen LogP contribution in [0, 0.1) is 0 Å². The van der Waals surface area contributed by atoms with Crippen LogP contribution >= 0.6 is 24.0 Å². The van der Waals surface area contributed by atoms with Crippen LogP contribution in [-0.2, 0) is 0 Å². The number of fused-ring (bicyclic) bond motifs is 2. The normalized spacial score (nSPS) is 12.8. The monoisotopic (exact) mass is 286 g/mol. The van der Waals surface area contributed by atoms with E-state index in [4.69, 9.17) is 18.0 Å². The third kappa shape index (κ3) is 2.11. The van der Waals surface area contributed by atoms with Crippen molar-refractivity contribution in [1.29, 1.82) is 0 Å². The Balaban J connectivity index is 2.16. The van der Waals surface area contributed by atoms with Crippen molar-refractivity contribution in [1.82, 2.24) is 0 Å². The van der Waals surface area contributed by atoms with Crippen LogP contribution in [0.2, 0.25) is 0 Å². The summed E-state index contributed by atoms with van der Waals surface area (Å²) in [6.07, 6.45) is 0. The van der Waals surface area contributed by atoms with Crippen molar-refractivity contribution in [3.8, 4) is 0 Å². The number of thiocarbonyl (C=S) groups is 1. The first-order valence-electron chi connectivity index (χ1n) is 6.19. The van der Waals surface area contributed by atoms with E-state index in [9.17, 15) is 0 Å². The molecule has 0 fully saturated rings. The lowest BCUT2D eigenvalue weighted by Gasteiger charge is -2.32. The van der Waals surface area contributed by atoms with Crippen molar-refractivity contribution in [3.05, 3.63) is 48.0 Å². The zero-order chi connectivity index (χ0) is 13.4. The van der Waals surface area contributed by atoms with Gasteiger partial charge in [0.05, 0.1) is 11.4 Å². The number of benzene rings is 2. The molecule has 0 saturated carbocycles. The van der Waals surface area contributed by atoms with E-state index in [-0.39, 0.29) is 0 Å². The first kappa shape index (κ1) is 12.5. The zero-order valence-corrected chi connectivity index (χ0v) is 12.2. The molecule has 4 heteroatoms. The standard InChI is InChI=1S/C15H14N2S2/c1-2-17-11-5-3-4-6-13(11)19-14-8-7-10(15(16)18)9-12(14)17/h3-9H,2H2,1H3,(H2,16,18). The number of hydrogen-bond donors (Lipinski definition) is 1. The van der Waals surface area contributed by atoms with Crippen LogP contribution in [-0.4, -0.2) is 11.5 Å². The summed E-state index contributed by atoms with van der Waals surface area (Å²) in [6.45, 7) is 3.08. The lowest BCUT2D eigenvalue weighted by molar-refractivity contribution is 0.979. The second kappa shape index (κ2) is 4.87. The number of nitrogens with zero attached hydrogens (tertiary/aromatic N) is 1. The average Bonchev–Trinajstić information content (AvgIpc) is 2.44. The van der Waals surface area contributed by atoms with Gasteiger partial charge in [-0.3, -0.25) is 0 Å². The third-order valence-electron chi connectivity index (χ3n) is 3.23. The van der Waals surface area contributed by atoms with E-state index >= 15 is 0 Å². The van der Waals surface area contributed by atoms with Crippen molar-refractivity contribution >= 4 is 40.3 Å². The summed E-state index contributed by atoms with van der Waals surface area (Å²) < 4.78 is 0. The van der Waals surface area contributed by atoms with Gasteiger partial charge < -0.3 is 10.6 Å². The minimum atomic E-state index is 0.447.